The molecule has 0 fully saturated rings. The van der Waals surface area contributed by atoms with Crippen LogP contribution in [0.2, 0.25) is 0 Å². The molecule has 2 N–H and O–H groups in total. The minimum Gasteiger partial charge on any atom is -0.361 e. The van der Waals surface area contributed by atoms with Crippen LogP contribution in [-0.2, 0) is 0 Å². The van der Waals surface area contributed by atoms with E-state index in [1.807, 2.05) is 38.1 Å². The average Bonchev–Trinajstić information content (AvgIpc) is 2.92. The summed E-state index contributed by atoms with van der Waals surface area (Å²) in [7, 11) is 0. The molecule has 1 atom stereocenters. The van der Waals surface area contributed by atoms with Gasteiger partial charge in [-0.3, -0.25) is 0 Å². The molecule has 0 aliphatic rings. The molecule has 2 heterocycles. The monoisotopic (exact) mass is 256 g/mol. The largest absolute Gasteiger partial charge is 0.361 e. The molecule has 98 valence electrons. The van der Waals surface area contributed by atoms with Crippen LogP contribution in [-0.4, -0.2) is 15.1 Å². The van der Waals surface area contributed by atoms with Gasteiger partial charge in [0, 0.05) is 5.56 Å². The van der Waals surface area contributed by atoms with E-state index in [1.165, 1.54) is 0 Å². The number of hydrogen-bond acceptors (Lipinski definition) is 4. The van der Waals surface area contributed by atoms with Gasteiger partial charge in [-0.25, -0.2) is 4.98 Å². The van der Waals surface area contributed by atoms with Crippen molar-refractivity contribution in [3.8, 4) is 0 Å². The first kappa shape index (κ1) is 11.8. The quantitative estimate of drug-likeness (QED) is 0.754. The predicted octanol–water partition coefficient (Wildman–Crippen LogP) is 3.34. The lowest BCUT2D eigenvalue weighted by molar-refractivity contribution is 0.392. The van der Waals surface area contributed by atoms with Crippen molar-refractivity contribution in [3.05, 3.63) is 41.3 Å². The number of para-hydroxylation sites is 2. The fourth-order valence-corrected chi connectivity index (χ4v) is 2.41. The molecule has 0 saturated carbocycles. The van der Waals surface area contributed by atoms with Crippen LogP contribution in [0.3, 0.4) is 0 Å². The van der Waals surface area contributed by atoms with Gasteiger partial charge in [-0.05, 0) is 32.9 Å². The molecule has 0 aliphatic heterocycles. The summed E-state index contributed by atoms with van der Waals surface area (Å²) in [5.41, 5.74) is 3.97. The Hall–Kier alpha value is -2.30. The number of aromatic amines is 1. The molecular weight excluding hydrogens is 240 g/mol. The summed E-state index contributed by atoms with van der Waals surface area (Å²) in [6, 6.07) is 8.05. The number of rotatable bonds is 3. The van der Waals surface area contributed by atoms with E-state index in [4.69, 9.17) is 4.52 Å². The highest BCUT2D eigenvalue weighted by molar-refractivity contribution is 5.77. The normalized spacial score (nSPS) is 12.8. The van der Waals surface area contributed by atoms with Crippen LogP contribution in [0, 0.1) is 13.8 Å². The van der Waals surface area contributed by atoms with E-state index in [1.54, 1.807) is 0 Å². The van der Waals surface area contributed by atoms with Crippen LogP contribution >= 0.6 is 0 Å². The topological polar surface area (TPSA) is 66.7 Å². The first-order valence-electron chi connectivity index (χ1n) is 6.29. The lowest BCUT2D eigenvalue weighted by atomic mass is 10.1. The van der Waals surface area contributed by atoms with Crippen molar-refractivity contribution >= 4 is 17.0 Å². The number of H-pyrrole nitrogens is 1. The van der Waals surface area contributed by atoms with Crippen molar-refractivity contribution in [3.63, 3.8) is 0 Å². The van der Waals surface area contributed by atoms with Gasteiger partial charge in [-0.2, -0.15) is 0 Å². The Kier molecular flexibility index (Phi) is 2.74. The fourth-order valence-electron chi connectivity index (χ4n) is 2.41. The summed E-state index contributed by atoms with van der Waals surface area (Å²) in [6.45, 7) is 5.94. The number of hydrogen-bond donors (Lipinski definition) is 2. The third kappa shape index (κ3) is 2.07. The second kappa shape index (κ2) is 4.42. The fraction of sp³-hybridized carbons (Fsp3) is 0.286. The molecule has 0 saturated heterocycles. The number of fused-ring (bicyclic) bond motifs is 1. The SMILES string of the molecule is Cc1noc(C)c1C(C)Nc1nc2ccccc2[nH]1. The summed E-state index contributed by atoms with van der Waals surface area (Å²) in [5, 5.41) is 7.32. The summed E-state index contributed by atoms with van der Waals surface area (Å²) in [4.78, 5) is 7.76. The molecule has 0 amide bonds. The Labute approximate surface area is 111 Å². The van der Waals surface area contributed by atoms with Gasteiger partial charge in [-0.1, -0.05) is 17.3 Å². The molecular formula is C14H16N4O. The van der Waals surface area contributed by atoms with E-state index in [9.17, 15) is 0 Å². The predicted molar refractivity (Wildman–Crippen MR) is 74.1 cm³/mol. The van der Waals surface area contributed by atoms with Gasteiger partial charge in [0.05, 0.1) is 22.8 Å². The summed E-state index contributed by atoms with van der Waals surface area (Å²) in [5.74, 6) is 1.60. The van der Waals surface area contributed by atoms with Crippen LogP contribution in [0.15, 0.2) is 28.8 Å². The highest BCUT2D eigenvalue weighted by Crippen LogP contribution is 2.24. The van der Waals surface area contributed by atoms with Gasteiger partial charge in [0.15, 0.2) is 0 Å². The number of nitrogens with zero attached hydrogens (tertiary/aromatic N) is 2. The maximum atomic E-state index is 5.19. The molecule has 0 bridgehead atoms. The Morgan fingerprint density at radius 2 is 2.05 bits per heavy atom. The van der Waals surface area contributed by atoms with Crippen molar-refractivity contribution in [2.75, 3.05) is 5.32 Å². The van der Waals surface area contributed by atoms with Gasteiger partial charge in [-0.15, -0.1) is 0 Å². The molecule has 3 rings (SSSR count). The van der Waals surface area contributed by atoms with Crippen molar-refractivity contribution in [1.82, 2.24) is 15.1 Å². The minimum absolute atomic E-state index is 0.0896. The van der Waals surface area contributed by atoms with E-state index in [2.05, 4.69) is 27.4 Å². The van der Waals surface area contributed by atoms with E-state index < -0.39 is 0 Å². The number of aryl methyl sites for hydroxylation is 2. The van der Waals surface area contributed by atoms with Crippen LogP contribution in [0.25, 0.3) is 11.0 Å². The van der Waals surface area contributed by atoms with Gasteiger partial charge < -0.3 is 14.8 Å². The summed E-state index contributed by atoms with van der Waals surface area (Å²) in [6.07, 6.45) is 0. The van der Waals surface area contributed by atoms with Crippen LogP contribution in [0.4, 0.5) is 5.95 Å². The highest BCUT2D eigenvalue weighted by Gasteiger charge is 2.17. The van der Waals surface area contributed by atoms with Crippen LogP contribution < -0.4 is 5.32 Å². The summed E-state index contributed by atoms with van der Waals surface area (Å²) < 4.78 is 5.19. The maximum absolute atomic E-state index is 5.19. The molecule has 19 heavy (non-hydrogen) atoms. The lowest BCUT2D eigenvalue weighted by Crippen LogP contribution is -2.09. The standard InChI is InChI=1S/C14H16N4O/c1-8(13-9(2)18-19-10(13)3)15-14-16-11-6-4-5-7-12(11)17-14/h4-8H,1-3H3,(H2,15,16,17). The molecule has 3 aromatic rings. The Morgan fingerprint density at radius 3 is 2.74 bits per heavy atom. The molecule has 5 nitrogen and oxygen atoms in total. The maximum Gasteiger partial charge on any atom is 0.201 e. The zero-order valence-electron chi connectivity index (χ0n) is 11.2. The van der Waals surface area contributed by atoms with E-state index in [0.717, 1.165) is 34.0 Å². The van der Waals surface area contributed by atoms with Crippen molar-refractivity contribution in [1.29, 1.82) is 0 Å². The smallest absolute Gasteiger partial charge is 0.201 e. The average molecular weight is 256 g/mol. The van der Waals surface area contributed by atoms with E-state index in [-0.39, 0.29) is 6.04 Å². The Balaban J connectivity index is 1.88. The Bertz CT molecular complexity index is 661. The van der Waals surface area contributed by atoms with Gasteiger partial charge in [0.25, 0.3) is 0 Å². The molecule has 0 radical (unpaired) electrons. The number of benzene rings is 1. The summed E-state index contributed by atoms with van der Waals surface area (Å²) >= 11 is 0. The molecule has 5 heteroatoms. The number of anilines is 1. The van der Waals surface area contributed by atoms with E-state index >= 15 is 0 Å². The molecule has 1 unspecified atom stereocenters. The molecule has 2 aromatic heterocycles. The lowest BCUT2D eigenvalue weighted by Gasteiger charge is -2.12. The van der Waals surface area contributed by atoms with Crippen LogP contribution in [0.1, 0.15) is 30.0 Å². The number of imidazole rings is 1. The van der Waals surface area contributed by atoms with E-state index in [0.29, 0.717) is 0 Å². The molecule has 1 aromatic carbocycles. The number of nitrogens with one attached hydrogen (secondary N) is 2. The zero-order chi connectivity index (χ0) is 13.4. The van der Waals surface area contributed by atoms with Gasteiger partial charge in [0.2, 0.25) is 5.95 Å². The first-order valence-corrected chi connectivity index (χ1v) is 6.29. The van der Waals surface area contributed by atoms with Gasteiger partial charge in [0.1, 0.15) is 5.76 Å². The molecule has 0 aliphatic carbocycles. The van der Waals surface area contributed by atoms with Gasteiger partial charge >= 0.3 is 0 Å². The zero-order valence-corrected chi connectivity index (χ0v) is 11.2. The van der Waals surface area contributed by atoms with Crippen molar-refractivity contribution < 1.29 is 4.52 Å². The second-order valence-electron chi connectivity index (χ2n) is 4.71. The van der Waals surface area contributed by atoms with Crippen molar-refractivity contribution in [2.24, 2.45) is 0 Å². The van der Waals surface area contributed by atoms with Crippen molar-refractivity contribution in [2.45, 2.75) is 26.8 Å². The first-order chi connectivity index (χ1) is 9.15. The molecule has 0 spiro atoms. The minimum atomic E-state index is 0.0896. The third-order valence-electron chi connectivity index (χ3n) is 3.26. The highest BCUT2D eigenvalue weighted by atomic mass is 16.5. The van der Waals surface area contributed by atoms with Crippen LogP contribution in [0.5, 0.6) is 0 Å². The second-order valence-corrected chi connectivity index (χ2v) is 4.71. The Morgan fingerprint density at radius 1 is 1.26 bits per heavy atom. The number of aromatic nitrogens is 3. The third-order valence-corrected chi connectivity index (χ3v) is 3.26.